The first-order valence-electron chi connectivity index (χ1n) is 5.96. The smallest absolute Gasteiger partial charge is 0.112 e. The molecule has 90 valence electrons. The fraction of sp³-hybridized carbons (Fsp3) is 0.500. The van der Waals surface area contributed by atoms with E-state index in [2.05, 4.69) is 29.7 Å². The average molecular weight is 230 g/mol. The molecule has 2 rings (SSSR count). The molecule has 0 aromatic carbocycles. The van der Waals surface area contributed by atoms with Gasteiger partial charge in [-0.15, -0.1) is 6.42 Å². The highest BCUT2D eigenvalue weighted by Gasteiger charge is 2.21. The van der Waals surface area contributed by atoms with Crippen molar-refractivity contribution in [1.29, 1.82) is 0 Å². The second-order valence-electron chi connectivity index (χ2n) is 4.65. The number of aromatic nitrogens is 1. The summed E-state index contributed by atoms with van der Waals surface area (Å²) in [6.07, 6.45) is 7.75. The lowest BCUT2D eigenvalue weighted by Crippen LogP contribution is -2.44. The van der Waals surface area contributed by atoms with Gasteiger partial charge in [0.25, 0.3) is 0 Å². The van der Waals surface area contributed by atoms with Crippen LogP contribution in [-0.4, -0.2) is 35.2 Å². The molecule has 0 saturated carbocycles. The van der Waals surface area contributed by atoms with E-state index in [-0.39, 0.29) is 0 Å². The Labute approximate surface area is 103 Å². The molecule has 0 unspecified atom stereocenters. The van der Waals surface area contributed by atoms with Crippen LogP contribution in [0, 0.1) is 12.3 Å². The highest BCUT2D eigenvalue weighted by atomic mass is 16.5. The maximum Gasteiger partial charge on any atom is 0.112 e. The topological polar surface area (TPSA) is 25.4 Å². The molecule has 1 fully saturated rings. The first-order chi connectivity index (χ1) is 8.17. The van der Waals surface area contributed by atoms with Crippen molar-refractivity contribution in [2.24, 2.45) is 0 Å². The van der Waals surface area contributed by atoms with Crippen molar-refractivity contribution >= 4 is 0 Å². The number of rotatable bonds is 2. The van der Waals surface area contributed by atoms with E-state index in [4.69, 9.17) is 11.2 Å². The molecule has 1 aromatic heterocycles. The predicted octanol–water partition coefficient (Wildman–Crippen LogP) is 1.67. The molecular weight excluding hydrogens is 212 g/mol. The van der Waals surface area contributed by atoms with E-state index >= 15 is 0 Å². The zero-order chi connectivity index (χ0) is 12.3. The molecule has 17 heavy (non-hydrogen) atoms. The molecule has 0 aliphatic carbocycles. The van der Waals surface area contributed by atoms with Crippen LogP contribution in [-0.2, 0) is 11.3 Å². The zero-order valence-corrected chi connectivity index (χ0v) is 10.4. The molecule has 1 aromatic rings. The Hall–Kier alpha value is -1.37. The van der Waals surface area contributed by atoms with Crippen molar-refractivity contribution in [3.05, 3.63) is 29.6 Å². The summed E-state index contributed by atoms with van der Waals surface area (Å²) in [5.74, 6) is 2.53. The summed E-state index contributed by atoms with van der Waals surface area (Å²) in [6.45, 7) is 7.09. The predicted molar refractivity (Wildman–Crippen MR) is 67.5 cm³/mol. The number of morpholine rings is 1. The number of terminal acetylenes is 1. The molecular formula is C14H18N2O. The minimum Gasteiger partial charge on any atom is -0.373 e. The fourth-order valence-corrected chi connectivity index (χ4v) is 2.28. The van der Waals surface area contributed by atoms with Gasteiger partial charge in [-0.2, -0.15) is 0 Å². The Morgan fingerprint density at radius 2 is 2.12 bits per heavy atom. The number of nitrogens with zero attached hydrogens (tertiary/aromatic N) is 2. The molecule has 0 amide bonds. The molecule has 1 aliphatic heterocycles. The summed E-state index contributed by atoms with van der Waals surface area (Å²) >= 11 is 0. The van der Waals surface area contributed by atoms with Crippen LogP contribution in [0.2, 0.25) is 0 Å². The van der Waals surface area contributed by atoms with Crippen molar-refractivity contribution in [3.8, 4) is 12.3 Å². The average Bonchev–Trinajstić information content (AvgIpc) is 2.28. The lowest BCUT2D eigenvalue weighted by atomic mass is 10.2. The van der Waals surface area contributed by atoms with Crippen molar-refractivity contribution in [1.82, 2.24) is 9.88 Å². The van der Waals surface area contributed by atoms with Gasteiger partial charge in [-0.05, 0) is 25.5 Å². The van der Waals surface area contributed by atoms with Crippen LogP contribution in [0.25, 0.3) is 0 Å². The van der Waals surface area contributed by atoms with Crippen molar-refractivity contribution in [2.75, 3.05) is 13.1 Å². The van der Waals surface area contributed by atoms with Gasteiger partial charge in [-0.3, -0.25) is 4.90 Å². The largest absolute Gasteiger partial charge is 0.373 e. The van der Waals surface area contributed by atoms with Crippen molar-refractivity contribution in [3.63, 3.8) is 0 Å². The number of hydrogen-bond donors (Lipinski definition) is 0. The summed E-state index contributed by atoms with van der Waals surface area (Å²) in [6, 6.07) is 3.94. The monoisotopic (exact) mass is 230 g/mol. The Morgan fingerprint density at radius 1 is 1.41 bits per heavy atom. The third-order valence-electron chi connectivity index (χ3n) is 2.87. The first kappa shape index (κ1) is 12.1. The van der Waals surface area contributed by atoms with Crippen LogP contribution in [0.4, 0.5) is 0 Å². The molecule has 1 aliphatic rings. The molecule has 2 heterocycles. The Bertz CT molecular complexity index is 397. The summed E-state index contributed by atoms with van der Waals surface area (Å²) in [5, 5.41) is 0. The maximum atomic E-state index is 5.71. The van der Waals surface area contributed by atoms with Crippen molar-refractivity contribution < 1.29 is 4.74 Å². The van der Waals surface area contributed by atoms with E-state index in [0.29, 0.717) is 17.9 Å². The molecule has 2 atom stereocenters. The minimum atomic E-state index is 0.302. The molecule has 0 N–H and O–H groups in total. The SMILES string of the molecule is C#Cc1ccc(CN2C[C@@H](C)O[C@@H](C)C2)cn1. The second-order valence-corrected chi connectivity index (χ2v) is 4.65. The van der Waals surface area contributed by atoms with E-state index in [9.17, 15) is 0 Å². The van der Waals surface area contributed by atoms with Gasteiger partial charge >= 0.3 is 0 Å². The molecule has 3 heteroatoms. The minimum absolute atomic E-state index is 0.302. The summed E-state index contributed by atoms with van der Waals surface area (Å²) in [5.41, 5.74) is 1.89. The molecule has 0 bridgehead atoms. The molecule has 3 nitrogen and oxygen atoms in total. The van der Waals surface area contributed by atoms with Gasteiger partial charge in [0, 0.05) is 25.8 Å². The van der Waals surface area contributed by atoms with E-state index in [1.807, 2.05) is 18.3 Å². The lowest BCUT2D eigenvalue weighted by molar-refractivity contribution is -0.0705. The van der Waals surface area contributed by atoms with Crippen LogP contribution in [0.3, 0.4) is 0 Å². The quantitative estimate of drug-likeness (QED) is 0.723. The van der Waals surface area contributed by atoms with Crippen LogP contribution >= 0.6 is 0 Å². The van der Waals surface area contributed by atoms with Gasteiger partial charge in [0.15, 0.2) is 0 Å². The van der Waals surface area contributed by atoms with Gasteiger partial charge in [0.1, 0.15) is 5.69 Å². The Morgan fingerprint density at radius 3 is 2.65 bits per heavy atom. The van der Waals surface area contributed by atoms with Crippen LogP contribution < -0.4 is 0 Å². The highest BCUT2D eigenvalue weighted by Crippen LogP contribution is 2.13. The molecule has 1 saturated heterocycles. The van der Waals surface area contributed by atoms with Crippen LogP contribution in [0.15, 0.2) is 18.3 Å². The van der Waals surface area contributed by atoms with Crippen LogP contribution in [0.5, 0.6) is 0 Å². The summed E-state index contributed by atoms with van der Waals surface area (Å²) < 4.78 is 5.71. The van der Waals surface area contributed by atoms with Crippen molar-refractivity contribution in [2.45, 2.75) is 32.6 Å². The normalized spacial score (nSPS) is 25.5. The molecule has 0 radical (unpaired) electrons. The lowest BCUT2D eigenvalue weighted by Gasteiger charge is -2.35. The Kier molecular flexibility index (Phi) is 3.78. The first-order valence-corrected chi connectivity index (χ1v) is 5.96. The van der Waals surface area contributed by atoms with Gasteiger partial charge in [0.2, 0.25) is 0 Å². The third-order valence-corrected chi connectivity index (χ3v) is 2.87. The summed E-state index contributed by atoms with van der Waals surface area (Å²) in [4.78, 5) is 6.60. The maximum absolute atomic E-state index is 5.71. The van der Waals surface area contributed by atoms with Gasteiger partial charge < -0.3 is 4.74 Å². The second kappa shape index (κ2) is 5.31. The Balaban J connectivity index is 1.98. The van der Waals surface area contributed by atoms with E-state index in [0.717, 1.165) is 19.6 Å². The molecule has 0 spiro atoms. The number of ether oxygens (including phenoxy) is 1. The van der Waals surface area contributed by atoms with E-state index in [1.165, 1.54) is 5.56 Å². The zero-order valence-electron chi connectivity index (χ0n) is 10.4. The number of hydrogen-bond acceptors (Lipinski definition) is 3. The fourth-order valence-electron chi connectivity index (χ4n) is 2.28. The van der Waals surface area contributed by atoms with E-state index < -0.39 is 0 Å². The van der Waals surface area contributed by atoms with Gasteiger partial charge in [0.05, 0.1) is 12.2 Å². The van der Waals surface area contributed by atoms with Gasteiger partial charge in [-0.25, -0.2) is 4.98 Å². The standard InChI is InChI=1S/C14H18N2O/c1-4-14-6-5-13(7-15-14)10-16-8-11(2)17-12(3)9-16/h1,5-7,11-12H,8-10H2,2-3H3/t11-,12+. The van der Waals surface area contributed by atoms with E-state index in [1.54, 1.807) is 0 Å². The summed E-state index contributed by atoms with van der Waals surface area (Å²) in [7, 11) is 0. The third kappa shape index (κ3) is 3.29. The highest BCUT2D eigenvalue weighted by molar-refractivity contribution is 5.26. The van der Waals surface area contributed by atoms with Gasteiger partial charge in [-0.1, -0.05) is 12.0 Å². The number of pyridine rings is 1. The van der Waals surface area contributed by atoms with Crippen LogP contribution in [0.1, 0.15) is 25.1 Å².